The van der Waals surface area contributed by atoms with Gasteiger partial charge in [-0.3, -0.25) is 19.8 Å². The van der Waals surface area contributed by atoms with Crippen LogP contribution in [0.15, 0.2) is 66.8 Å². The second kappa shape index (κ2) is 8.30. The summed E-state index contributed by atoms with van der Waals surface area (Å²) in [6.07, 6.45) is 2.76. The molecule has 2 aromatic carbocycles. The maximum absolute atomic E-state index is 13.7. The fraction of sp³-hybridized carbons (Fsp3) is 0.0952. The van der Waals surface area contributed by atoms with Crippen LogP contribution in [0.3, 0.4) is 0 Å². The van der Waals surface area contributed by atoms with Crippen molar-refractivity contribution in [2.75, 3.05) is 6.54 Å². The smallest absolute Gasteiger partial charge is 0.331 e. The average Bonchev–Trinajstić information content (AvgIpc) is 2.68. The van der Waals surface area contributed by atoms with Crippen molar-refractivity contribution in [3.05, 3.63) is 83.7 Å². The first-order valence-electron chi connectivity index (χ1n) is 8.45. The molecule has 0 radical (unpaired) electrons. The van der Waals surface area contributed by atoms with E-state index in [1.807, 2.05) is 0 Å². The summed E-state index contributed by atoms with van der Waals surface area (Å²) < 4.78 is 19.3. The molecule has 0 spiro atoms. The number of carbonyl (C=O) groups is 3. The van der Waals surface area contributed by atoms with Crippen LogP contribution < -0.4 is 10.1 Å². The number of nitrogens with one attached hydrogen (secondary N) is 1. The van der Waals surface area contributed by atoms with Crippen LogP contribution in [0.25, 0.3) is 6.08 Å². The van der Waals surface area contributed by atoms with Gasteiger partial charge in [-0.05, 0) is 29.8 Å². The fourth-order valence-electron chi connectivity index (χ4n) is 2.63. The second-order valence-electron chi connectivity index (χ2n) is 5.97. The fourth-order valence-corrected chi connectivity index (χ4v) is 2.63. The number of hydrogen-bond acceptors (Lipinski definition) is 4. The Balaban J connectivity index is 1.80. The van der Waals surface area contributed by atoms with Gasteiger partial charge in [0.15, 0.2) is 0 Å². The standard InChI is InChI=1S/C21H17FN2O4/c1-2-10-24-20(26)17(19(25)23-21(24)27)12-14-6-5-8-16(11-14)28-13-15-7-3-4-9-18(15)22/h2-9,11-12H,1,10,13H2,(H,23,25,27)/b17-12+. The zero-order valence-electron chi connectivity index (χ0n) is 14.9. The molecule has 7 heteroatoms. The number of carbonyl (C=O) groups excluding carboxylic acids is 3. The zero-order valence-corrected chi connectivity index (χ0v) is 14.9. The van der Waals surface area contributed by atoms with Gasteiger partial charge >= 0.3 is 6.03 Å². The molecule has 0 aliphatic carbocycles. The van der Waals surface area contributed by atoms with E-state index in [-0.39, 0.29) is 24.5 Å². The summed E-state index contributed by atoms with van der Waals surface area (Å²) in [7, 11) is 0. The van der Waals surface area contributed by atoms with Crippen LogP contribution in [-0.2, 0) is 16.2 Å². The molecule has 1 fully saturated rings. The SMILES string of the molecule is C=CCN1C(=O)NC(=O)/C(=C\c2cccc(OCc3ccccc3F)c2)C1=O. The Kier molecular flexibility index (Phi) is 5.64. The molecule has 0 atom stereocenters. The molecule has 28 heavy (non-hydrogen) atoms. The van der Waals surface area contributed by atoms with Gasteiger partial charge in [-0.1, -0.05) is 36.4 Å². The topological polar surface area (TPSA) is 75.7 Å². The highest BCUT2D eigenvalue weighted by Gasteiger charge is 2.34. The van der Waals surface area contributed by atoms with Crippen molar-refractivity contribution in [1.82, 2.24) is 10.2 Å². The van der Waals surface area contributed by atoms with E-state index in [2.05, 4.69) is 11.9 Å². The van der Waals surface area contributed by atoms with Crippen molar-refractivity contribution in [3.63, 3.8) is 0 Å². The van der Waals surface area contributed by atoms with E-state index in [9.17, 15) is 18.8 Å². The number of urea groups is 1. The van der Waals surface area contributed by atoms with Crippen molar-refractivity contribution in [2.45, 2.75) is 6.61 Å². The third kappa shape index (κ3) is 4.15. The minimum atomic E-state index is -0.783. The number of ether oxygens (including phenoxy) is 1. The highest BCUT2D eigenvalue weighted by molar-refractivity contribution is 6.31. The van der Waals surface area contributed by atoms with Crippen LogP contribution in [0.4, 0.5) is 9.18 Å². The van der Waals surface area contributed by atoms with Crippen LogP contribution in [0, 0.1) is 5.82 Å². The monoisotopic (exact) mass is 380 g/mol. The van der Waals surface area contributed by atoms with Crippen molar-refractivity contribution in [3.8, 4) is 5.75 Å². The average molecular weight is 380 g/mol. The van der Waals surface area contributed by atoms with Gasteiger partial charge in [0.25, 0.3) is 11.8 Å². The van der Waals surface area contributed by atoms with E-state index >= 15 is 0 Å². The number of halogens is 1. The van der Waals surface area contributed by atoms with Gasteiger partial charge in [0, 0.05) is 12.1 Å². The normalized spacial score (nSPS) is 15.5. The van der Waals surface area contributed by atoms with Crippen molar-refractivity contribution < 1.29 is 23.5 Å². The molecule has 1 aliphatic rings. The van der Waals surface area contributed by atoms with E-state index < -0.39 is 17.8 Å². The van der Waals surface area contributed by atoms with Crippen LogP contribution in [0.5, 0.6) is 5.75 Å². The zero-order chi connectivity index (χ0) is 20.1. The van der Waals surface area contributed by atoms with E-state index in [0.29, 0.717) is 16.9 Å². The number of hydrogen-bond donors (Lipinski definition) is 1. The number of barbiturate groups is 1. The molecule has 1 N–H and O–H groups in total. The van der Waals surface area contributed by atoms with Crippen LogP contribution in [0.1, 0.15) is 11.1 Å². The first-order chi connectivity index (χ1) is 13.5. The Bertz CT molecular complexity index is 984. The van der Waals surface area contributed by atoms with E-state index in [1.54, 1.807) is 42.5 Å². The molecule has 142 valence electrons. The largest absolute Gasteiger partial charge is 0.489 e. The molecule has 1 heterocycles. The Hall–Kier alpha value is -3.74. The van der Waals surface area contributed by atoms with Gasteiger partial charge < -0.3 is 4.74 Å². The highest BCUT2D eigenvalue weighted by atomic mass is 19.1. The minimum absolute atomic E-state index is 0.0128. The molecule has 6 nitrogen and oxygen atoms in total. The number of benzene rings is 2. The number of rotatable bonds is 6. The Morgan fingerprint density at radius 1 is 1.11 bits per heavy atom. The van der Waals surface area contributed by atoms with Crippen molar-refractivity contribution >= 4 is 23.9 Å². The number of amides is 4. The van der Waals surface area contributed by atoms with Crippen LogP contribution in [0.2, 0.25) is 0 Å². The lowest BCUT2D eigenvalue weighted by molar-refractivity contribution is -0.129. The van der Waals surface area contributed by atoms with Gasteiger partial charge in [0.2, 0.25) is 0 Å². The lowest BCUT2D eigenvalue weighted by Crippen LogP contribution is -2.54. The minimum Gasteiger partial charge on any atom is -0.489 e. The van der Waals surface area contributed by atoms with E-state index in [0.717, 1.165) is 4.90 Å². The maximum Gasteiger partial charge on any atom is 0.331 e. The molecule has 0 unspecified atom stereocenters. The summed E-state index contributed by atoms with van der Waals surface area (Å²) in [5, 5.41) is 2.12. The predicted molar refractivity (Wildman–Crippen MR) is 101 cm³/mol. The van der Waals surface area contributed by atoms with E-state index in [1.165, 1.54) is 18.2 Å². The van der Waals surface area contributed by atoms with Gasteiger partial charge in [-0.2, -0.15) is 0 Å². The summed E-state index contributed by atoms with van der Waals surface area (Å²) in [6.45, 7) is 3.52. The molecular formula is C21H17FN2O4. The third-order valence-electron chi connectivity index (χ3n) is 4.02. The number of imide groups is 2. The third-order valence-corrected chi connectivity index (χ3v) is 4.02. The van der Waals surface area contributed by atoms with Crippen molar-refractivity contribution in [1.29, 1.82) is 0 Å². The van der Waals surface area contributed by atoms with Gasteiger partial charge in [0.05, 0.1) is 0 Å². The molecule has 3 rings (SSSR count). The first kappa shape index (κ1) is 19.0. The lowest BCUT2D eigenvalue weighted by Gasteiger charge is -2.25. The van der Waals surface area contributed by atoms with E-state index in [4.69, 9.17) is 4.74 Å². The van der Waals surface area contributed by atoms with Gasteiger partial charge in [-0.25, -0.2) is 9.18 Å². The van der Waals surface area contributed by atoms with Gasteiger partial charge in [0.1, 0.15) is 23.7 Å². The van der Waals surface area contributed by atoms with Crippen LogP contribution >= 0.6 is 0 Å². The molecule has 4 amide bonds. The Morgan fingerprint density at radius 2 is 1.89 bits per heavy atom. The highest BCUT2D eigenvalue weighted by Crippen LogP contribution is 2.20. The summed E-state index contributed by atoms with van der Waals surface area (Å²) in [4.78, 5) is 37.1. The molecular weight excluding hydrogens is 363 g/mol. The summed E-state index contributed by atoms with van der Waals surface area (Å²) in [6, 6.07) is 12.2. The molecule has 1 saturated heterocycles. The first-order valence-corrected chi connectivity index (χ1v) is 8.45. The van der Waals surface area contributed by atoms with Crippen molar-refractivity contribution in [2.24, 2.45) is 0 Å². The quantitative estimate of drug-likeness (QED) is 0.475. The number of nitrogens with zero attached hydrogens (tertiary/aromatic N) is 1. The molecule has 0 saturated carbocycles. The summed E-state index contributed by atoms with van der Waals surface area (Å²) in [5.74, 6) is -1.39. The summed E-state index contributed by atoms with van der Waals surface area (Å²) >= 11 is 0. The Morgan fingerprint density at radius 3 is 2.64 bits per heavy atom. The maximum atomic E-state index is 13.7. The molecule has 1 aliphatic heterocycles. The Labute approximate surface area is 160 Å². The van der Waals surface area contributed by atoms with Gasteiger partial charge in [-0.15, -0.1) is 6.58 Å². The summed E-state index contributed by atoms with van der Waals surface area (Å²) in [5.41, 5.74) is 0.761. The van der Waals surface area contributed by atoms with Crippen LogP contribution in [-0.4, -0.2) is 29.3 Å². The second-order valence-corrected chi connectivity index (χ2v) is 5.97. The molecule has 2 aromatic rings. The molecule has 0 bridgehead atoms. The predicted octanol–water partition coefficient (Wildman–Crippen LogP) is 3.05. The lowest BCUT2D eigenvalue weighted by atomic mass is 10.1. The molecule has 0 aromatic heterocycles.